The van der Waals surface area contributed by atoms with Crippen molar-refractivity contribution in [2.24, 2.45) is 22.4 Å². The van der Waals surface area contributed by atoms with Crippen molar-refractivity contribution in [1.29, 1.82) is 0 Å². The van der Waals surface area contributed by atoms with E-state index in [9.17, 15) is 4.79 Å². The van der Waals surface area contributed by atoms with Crippen molar-refractivity contribution in [2.75, 3.05) is 13.7 Å². The highest BCUT2D eigenvalue weighted by atomic mass is 16.6. The Balaban J connectivity index is 1.57. The lowest BCUT2D eigenvalue weighted by Gasteiger charge is -2.47. The number of ketones is 1. The molecule has 2 saturated carbocycles. The monoisotopic (exact) mass is 369 g/mol. The zero-order valence-corrected chi connectivity index (χ0v) is 16.8. The van der Waals surface area contributed by atoms with E-state index in [1.54, 1.807) is 7.11 Å². The predicted molar refractivity (Wildman–Crippen MR) is 106 cm³/mol. The first-order chi connectivity index (χ1) is 13.1. The fourth-order valence-corrected chi connectivity index (χ4v) is 5.71. The molecule has 0 aliphatic heterocycles. The first kappa shape index (κ1) is 18.5. The molecule has 1 aromatic rings. The highest BCUT2D eigenvalue weighted by molar-refractivity contribution is 6.43. The van der Waals surface area contributed by atoms with Gasteiger partial charge in [0.15, 0.2) is 5.78 Å². The lowest BCUT2D eigenvalue weighted by Crippen LogP contribution is -2.42. The van der Waals surface area contributed by atoms with Crippen molar-refractivity contribution < 1.29 is 14.4 Å². The van der Waals surface area contributed by atoms with Gasteiger partial charge in [0.05, 0.1) is 7.11 Å². The van der Waals surface area contributed by atoms with E-state index in [1.165, 1.54) is 11.1 Å². The number of hydrogen-bond donors (Lipinski definition) is 0. The quantitative estimate of drug-likeness (QED) is 0.548. The molecule has 0 saturated heterocycles. The van der Waals surface area contributed by atoms with Gasteiger partial charge in [0.25, 0.3) is 0 Å². The van der Waals surface area contributed by atoms with Crippen LogP contribution < -0.4 is 4.74 Å². The standard InChI is InChI=1S/C23H31NO3/c1-4-5-12-27-24-21-14-20-19-8-6-15-13-16(26-3)7-9-17(15)18(19)10-11-23(20,2)22(21)25/h7,9,13,18-20H,4-6,8,10-12,14H2,1-3H3/b24-21+/t18-,19-,20+,23+/m1/s1. The highest BCUT2D eigenvalue weighted by Crippen LogP contribution is 2.59. The van der Waals surface area contributed by atoms with Crippen molar-refractivity contribution in [1.82, 2.24) is 0 Å². The number of rotatable bonds is 5. The average Bonchev–Trinajstić information content (AvgIpc) is 2.95. The molecule has 1 aromatic carbocycles. The van der Waals surface area contributed by atoms with Gasteiger partial charge in [0, 0.05) is 11.8 Å². The summed E-state index contributed by atoms with van der Waals surface area (Å²) in [5.41, 5.74) is 3.34. The molecule has 4 rings (SSSR count). The maximum Gasteiger partial charge on any atom is 0.186 e. The predicted octanol–water partition coefficient (Wildman–Crippen LogP) is 4.90. The summed E-state index contributed by atoms with van der Waals surface area (Å²) in [6.07, 6.45) is 7.12. The lowest BCUT2D eigenvalue weighted by atomic mass is 9.55. The van der Waals surface area contributed by atoms with Crippen LogP contribution in [-0.2, 0) is 16.1 Å². The molecule has 2 fully saturated rings. The van der Waals surface area contributed by atoms with Crippen LogP contribution in [0.15, 0.2) is 23.4 Å². The number of methoxy groups -OCH3 is 1. The molecule has 0 aromatic heterocycles. The van der Waals surface area contributed by atoms with Crippen LogP contribution in [0.25, 0.3) is 0 Å². The number of carbonyl (C=O) groups is 1. The van der Waals surface area contributed by atoms with Gasteiger partial charge >= 0.3 is 0 Å². The Morgan fingerprint density at radius 3 is 2.93 bits per heavy atom. The average molecular weight is 370 g/mol. The number of nitrogens with zero attached hydrogens (tertiary/aromatic N) is 1. The molecule has 146 valence electrons. The first-order valence-corrected chi connectivity index (χ1v) is 10.5. The number of ether oxygens (including phenoxy) is 1. The van der Waals surface area contributed by atoms with Crippen LogP contribution in [0.4, 0.5) is 0 Å². The summed E-state index contributed by atoms with van der Waals surface area (Å²) in [5.74, 6) is 2.71. The van der Waals surface area contributed by atoms with Crippen molar-refractivity contribution in [3.63, 3.8) is 0 Å². The SMILES string of the molecule is CCCCO/N=C1\C[C@H]2[C@@H]3CCc4cc(OC)ccc4[C@H]3CC[C@]2(C)C1=O. The van der Waals surface area contributed by atoms with Crippen LogP contribution in [0.2, 0.25) is 0 Å². The smallest absolute Gasteiger partial charge is 0.186 e. The van der Waals surface area contributed by atoms with Gasteiger partial charge in [0.1, 0.15) is 18.1 Å². The minimum Gasteiger partial charge on any atom is -0.497 e. The van der Waals surface area contributed by atoms with Gasteiger partial charge < -0.3 is 9.57 Å². The van der Waals surface area contributed by atoms with Crippen LogP contribution in [0.1, 0.15) is 69.4 Å². The Morgan fingerprint density at radius 2 is 2.15 bits per heavy atom. The van der Waals surface area contributed by atoms with E-state index >= 15 is 0 Å². The van der Waals surface area contributed by atoms with Gasteiger partial charge in [-0.25, -0.2) is 0 Å². The molecule has 0 N–H and O–H groups in total. The topological polar surface area (TPSA) is 47.9 Å². The van der Waals surface area contributed by atoms with Gasteiger partial charge in [-0.3, -0.25) is 4.79 Å². The van der Waals surface area contributed by atoms with Crippen molar-refractivity contribution >= 4 is 11.5 Å². The van der Waals surface area contributed by atoms with E-state index in [0.717, 1.165) is 50.7 Å². The Morgan fingerprint density at radius 1 is 1.30 bits per heavy atom. The number of hydrogen-bond acceptors (Lipinski definition) is 4. The van der Waals surface area contributed by atoms with Crippen molar-refractivity contribution in [2.45, 2.75) is 64.7 Å². The summed E-state index contributed by atoms with van der Waals surface area (Å²) in [6.45, 7) is 4.91. The lowest BCUT2D eigenvalue weighted by molar-refractivity contribution is -0.125. The summed E-state index contributed by atoms with van der Waals surface area (Å²) in [6, 6.07) is 6.55. The number of oxime groups is 1. The second kappa shape index (κ2) is 7.29. The van der Waals surface area contributed by atoms with E-state index < -0.39 is 0 Å². The van der Waals surface area contributed by atoms with E-state index in [4.69, 9.17) is 9.57 Å². The summed E-state index contributed by atoms with van der Waals surface area (Å²) in [4.78, 5) is 18.6. The molecule has 0 spiro atoms. The van der Waals surface area contributed by atoms with E-state index in [1.807, 2.05) is 0 Å². The normalized spacial score (nSPS) is 33.4. The molecule has 3 aliphatic carbocycles. The van der Waals surface area contributed by atoms with E-state index in [-0.39, 0.29) is 11.2 Å². The maximum atomic E-state index is 13.1. The molecular formula is C23H31NO3. The van der Waals surface area contributed by atoms with Gasteiger partial charge in [0.2, 0.25) is 0 Å². The Labute approximate surface area is 162 Å². The van der Waals surface area contributed by atoms with Gasteiger partial charge in [-0.1, -0.05) is 31.5 Å². The Bertz CT molecular complexity index is 756. The van der Waals surface area contributed by atoms with Crippen molar-refractivity contribution in [3.05, 3.63) is 29.3 Å². The molecule has 0 unspecified atom stereocenters. The fourth-order valence-electron chi connectivity index (χ4n) is 5.71. The minimum atomic E-state index is -0.252. The molecule has 27 heavy (non-hydrogen) atoms. The third-order valence-corrected chi connectivity index (χ3v) is 7.28. The number of unbranched alkanes of at least 4 members (excludes halogenated alkanes) is 1. The van der Waals surface area contributed by atoms with Gasteiger partial charge in [-0.05, 0) is 73.1 Å². The molecule has 4 nitrogen and oxygen atoms in total. The van der Waals surface area contributed by atoms with E-state index in [2.05, 4.69) is 37.2 Å². The number of fused-ring (bicyclic) bond motifs is 5. The molecule has 3 aliphatic rings. The third-order valence-electron chi connectivity index (χ3n) is 7.28. The van der Waals surface area contributed by atoms with Crippen LogP contribution >= 0.6 is 0 Å². The second-order valence-corrected chi connectivity index (χ2v) is 8.69. The maximum absolute atomic E-state index is 13.1. The minimum absolute atomic E-state index is 0.239. The zero-order valence-electron chi connectivity index (χ0n) is 16.8. The number of carbonyl (C=O) groups excluding carboxylic acids is 1. The van der Waals surface area contributed by atoms with Crippen LogP contribution in [0.5, 0.6) is 5.75 Å². The number of Topliss-reactive ketones (excluding diaryl/α,β-unsaturated/α-hetero) is 1. The summed E-state index contributed by atoms with van der Waals surface area (Å²) in [5, 5.41) is 4.27. The molecule has 0 heterocycles. The molecule has 0 bridgehead atoms. The molecular weight excluding hydrogens is 338 g/mol. The third kappa shape index (κ3) is 3.07. The first-order valence-electron chi connectivity index (χ1n) is 10.5. The highest BCUT2D eigenvalue weighted by Gasteiger charge is 2.57. The largest absolute Gasteiger partial charge is 0.497 e. The Hall–Kier alpha value is -1.84. The van der Waals surface area contributed by atoms with E-state index in [0.29, 0.717) is 30.1 Å². The van der Waals surface area contributed by atoms with Crippen LogP contribution in [-0.4, -0.2) is 25.2 Å². The summed E-state index contributed by atoms with van der Waals surface area (Å²) in [7, 11) is 1.73. The van der Waals surface area contributed by atoms with Crippen LogP contribution in [0.3, 0.4) is 0 Å². The summed E-state index contributed by atoms with van der Waals surface area (Å²) >= 11 is 0. The van der Waals surface area contributed by atoms with Crippen molar-refractivity contribution in [3.8, 4) is 5.75 Å². The molecule has 0 amide bonds. The fraction of sp³-hybridized carbons (Fsp3) is 0.652. The van der Waals surface area contributed by atoms with Crippen LogP contribution in [0, 0.1) is 17.3 Å². The second-order valence-electron chi connectivity index (χ2n) is 8.69. The van der Waals surface area contributed by atoms with Gasteiger partial charge in [-0.15, -0.1) is 0 Å². The molecule has 4 heteroatoms. The summed E-state index contributed by atoms with van der Waals surface area (Å²) < 4.78 is 5.41. The number of aryl methyl sites for hydroxylation is 1. The molecule has 4 atom stereocenters. The van der Waals surface area contributed by atoms with Gasteiger partial charge in [-0.2, -0.15) is 0 Å². The zero-order chi connectivity index (χ0) is 19.0. The number of benzene rings is 1. The Kier molecular flexibility index (Phi) is 5.00. The molecule has 0 radical (unpaired) electrons.